The van der Waals surface area contributed by atoms with Gasteiger partial charge < -0.3 is 15.5 Å². The van der Waals surface area contributed by atoms with Gasteiger partial charge in [0.1, 0.15) is 6.04 Å². The summed E-state index contributed by atoms with van der Waals surface area (Å²) in [5.74, 6) is -0.666. The van der Waals surface area contributed by atoms with Crippen LogP contribution < -0.4 is 10.6 Å². The first-order valence-electron chi connectivity index (χ1n) is 8.61. The maximum atomic E-state index is 12.6. The van der Waals surface area contributed by atoms with Gasteiger partial charge in [0.15, 0.2) is 0 Å². The molecule has 0 aliphatic heterocycles. The number of nitrogens with zero attached hydrogens (tertiary/aromatic N) is 1. The zero-order valence-corrected chi connectivity index (χ0v) is 17.8. The molecule has 26 heavy (non-hydrogen) atoms. The normalized spacial score (nSPS) is 13.0. The first-order valence-corrected chi connectivity index (χ1v) is 9.37. The van der Waals surface area contributed by atoms with E-state index in [9.17, 15) is 9.59 Å². The lowest BCUT2D eigenvalue weighted by Crippen LogP contribution is -2.52. The Labute approximate surface area is 166 Å². The van der Waals surface area contributed by atoms with Crippen LogP contribution in [-0.2, 0) is 4.79 Å². The largest absolute Gasteiger partial charge is 0.354 e. The van der Waals surface area contributed by atoms with E-state index in [1.165, 1.54) is 6.07 Å². The van der Waals surface area contributed by atoms with Crippen LogP contribution in [0.4, 0.5) is 0 Å². The van der Waals surface area contributed by atoms with Gasteiger partial charge in [0.05, 0.1) is 10.6 Å². The molecule has 1 rings (SSSR count). The molecule has 1 aromatic rings. The molecule has 0 heterocycles. The van der Waals surface area contributed by atoms with E-state index in [2.05, 4.69) is 29.4 Å². The summed E-state index contributed by atoms with van der Waals surface area (Å²) in [5.41, 5.74) is 0.215. The zero-order chi connectivity index (χ0) is 20.1. The molecule has 146 valence electrons. The minimum absolute atomic E-state index is 0.0676. The van der Waals surface area contributed by atoms with Crippen LogP contribution in [0.1, 0.15) is 38.1 Å². The van der Waals surface area contributed by atoms with Gasteiger partial charge in [0.25, 0.3) is 5.91 Å². The van der Waals surface area contributed by atoms with E-state index in [0.29, 0.717) is 17.1 Å². The number of nitrogens with one attached hydrogen (secondary N) is 2. The maximum Gasteiger partial charge on any atom is 0.253 e. The molecule has 0 aliphatic rings. The molecule has 0 saturated heterocycles. The van der Waals surface area contributed by atoms with Crippen molar-refractivity contribution in [2.75, 3.05) is 27.2 Å². The number of carbonyl (C=O) groups excluding carboxylic acids is 2. The van der Waals surface area contributed by atoms with Gasteiger partial charge in [-0.05, 0) is 43.6 Å². The van der Waals surface area contributed by atoms with Gasteiger partial charge in [-0.15, -0.1) is 0 Å². The van der Waals surface area contributed by atoms with Gasteiger partial charge in [-0.1, -0.05) is 50.9 Å². The molecule has 2 amide bonds. The molecule has 1 unspecified atom stereocenters. The van der Waals surface area contributed by atoms with Crippen molar-refractivity contribution in [1.82, 2.24) is 15.5 Å². The lowest BCUT2D eigenvalue weighted by Gasteiger charge is -2.30. The lowest BCUT2D eigenvalue weighted by molar-refractivity contribution is -0.124. The maximum absolute atomic E-state index is 12.6. The summed E-state index contributed by atoms with van der Waals surface area (Å²) < 4.78 is 0. The van der Waals surface area contributed by atoms with E-state index in [4.69, 9.17) is 23.2 Å². The average molecular weight is 402 g/mol. The van der Waals surface area contributed by atoms with E-state index in [-0.39, 0.29) is 22.3 Å². The van der Waals surface area contributed by atoms with Crippen molar-refractivity contribution in [3.05, 3.63) is 33.8 Å². The molecule has 1 atom stereocenters. The van der Waals surface area contributed by atoms with Crippen LogP contribution >= 0.6 is 23.2 Å². The van der Waals surface area contributed by atoms with Gasteiger partial charge in [-0.2, -0.15) is 0 Å². The summed E-state index contributed by atoms with van der Waals surface area (Å²) in [5, 5.41) is 6.44. The van der Waals surface area contributed by atoms with Crippen LogP contribution in [-0.4, -0.2) is 49.9 Å². The van der Waals surface area contributed by atoms with Crippen LogP contribution in [0, 0.1) is 11.3 Å². The standard InChI is InChI=1S/C19H29Cl2N3O2/c1-12(2)16(18(26)22-10-19(3,4)11-24(5)6)23-17(25)14-8-7-13(20)9-15(14)21/h7-9,12,16H,10-11H2,1-6H3,(H,22,26)(H,23,25). The quantitative estimate of drug-likeness (QED) is 0.700. The minimum atomic E-state index is -0.649. The van der Waals surface area contributed by atoms with E-state index >= 15 is 0 Å². The Hall–Kier alpha value is -1.30. The Morgan fingerprint density at radius 2 is 1.81 bits per heavy atom. The van der Waals surface area contributed by atoms with Crippen molar-refractivity contribution < 1.29 is 9.59 Å². The molecule has 0 radical (unpaired) electrons. The molecule has 2 N–H and O–H groups in total. The Bertz CT molecular complexity index is 646. The van der Waals surface area contributed by atoms with Crippen LogP contribution in [0.3, 0.4) is 0 Å². The van der Waals surface area contributed by atoms with Crippen LogP contribution in [0.25, 0.3) is 0 Å². The van der Waals surface area contributed by atoms with E-state index in [1.54, 1.807) is 12.1 Å². The molecule has 0 aromatic heterocycles. The Morgan fingerprint density at radius 3 is 2.31 bits per heavy atom. The van der Waals surface area contributed by atoms with Crippen molar-refractivity contribution in [3.8, 4) is 0 Å². The van der Waals surface area contributed by atoms with Gasteiger partial charge in [-0.25, -0.2) is 0 Å². The third-order valence-electron chi connectivity index (χ3n) is 3.90. The average Bonchev–Trinajstić information content (AvgIpc) is 2.48. The van der Waals surface area contributed by atoms with E-state index in [1.807, 2.05) is 27.9 Å². The highest BCUT2D eigenvalue weighted by molar-refractivity contribution is 6.36. The molecule has 0 fully saturated rings. The number of rotatable bonds is 8. The third kappa shape index (κ3) is 7.14. The van der Waals surface area contributed by atoms with Gasteiger partial charge in [-0.3, -0.25) is 9.59 Å². The first kappa shape index (κ1) is 22.7. The summed E-state index contributed by atoms with van der Waals surface area (Å²) in [4.78, 5) is 27.2. The molecule has 0 spiro atoms. The first-order chi connectivity index (χ1) is 11.9. The summed E-state index contributed by atoms with van der Waals surface area (Å²) in [6.07, 6.45) is 0. The molecule has 0 saturated carbocycles. The smallest absolute Gasteiger partial charge is 0.253 e. The van der Waals surface area contributed by atoms with Crippen molar-refractivity contribution in [3.63, 3.8) is 0 Å². The highest BCUT2D eigenvalue weighted by Crippen LogP contribution is 2.21. The number of hydrogen-bond acceptors (Lipinski definition) is 3. The number of halogens is 2. The predicted molar refractivity (Wildman–Crippen MR) is 108 cm³/mol. The lowest BCUT2D eigenvalue weighted by atomic mass is 9.92. The van der Waals surface area contributed by atoms with Crippen molar-refractivity contribution >= 4 is 35.0 Å². The molecule has 5 nitrogen and oxygen atoms in total. The van der Waals surface area contributed by atoms with Crippen molar-refractivity contribution in [2.45, 2.75) is 33.7 Å². The van der Waals surface area contributed by atoms with Crippen LogP contribution in [0.2, 0.25) is 10.0 Å². The summed E-state index contributed by atoms with van der Waals surface area (Å²) >= 11 is 12.0. The SMILES string of the molecule is CC(C)C(NC(=O)c1ccc(Cl)cc1Cl)C(=O)NCC(C)(C)CN(C)C. The second-order valence-corrected chi connectivity index (χ2v) is 8.78. The molecule has 0 bridgehead atoms. The monoisotopic (exact) mass is 401 g/mol. The number of hydrogen-bond donors (Lipinski definition) is 2. The van der Waals surface area contributed by atoms with Crippen LogP contribution in [0.15, 0.2) is 18.2 Å². The number of amides is 2. The topological polar surface area (TPSA) is 61.4 Å². The fourth-order valence-corrected chi connectivity index (χ4v) is 3.27. The Kier molecular flexibility index (Phi) is 8.38. The van der Waals surface area contributed by atoms with Gasteiger partial charge >= 0.3 is 0 Å². The summed E-state index contributed by atoms with van der Waals surface area (Å²) in [6.45, 7) is 9.31. The number of carbonyl (C=O) groups is 2. The fraction of sp³-hybridized carbons (Fsp3) is 0.579. The Balaban J connectivity index is 2.79. The zero-order valence-electron chi connectivity index (χ0n) is 16.3. The molecule has 1 aromatic carbocycles. The fourth-order valence-electron chi connectivity index (χ4n) is 2.78. The molecule has 7 heteroatoms. The van der Waals surface area contributed by atoms with Crippen LogP contribution in [0.5, 0.6) is 0 Å². The highest BCUT2D eigenvalue weighted by Gasteiger charge is 2.27. The number of benzene rings is 1. The summed E-state index contributed by atoms with van der Waals surface area (Å²) in [6, 6.07) is 4.00. The second kappa shape index (κ2) is 9.58. The third-order valence-corrected chi connectivity index (χ3v) is 4.44. The summed E-state index contributed by atoms with van der Waals surface area (Å²) in [7, 11) is 3.99. The van der Waals surface area contributed by atoms with Gasteiger partial charge in [0.2, 0.25) is 5.91 Å². The van der Waals surface area contributed by atoms with Crippen molar-refractivity contribution in [2.24, 2.45) is 11.3 Å². The molecule has 0 aliphatic carbocycles. The Morgan fingerprint density at radius 1 is 1.19 bits per heavy atom. The van der Waals surface area contributed by atoms with Crippen molar-refractivity contribution in [1.29, 1.82) is 0 Å². The minimum Gasteiger partial charge on any atom is -0.354 e. The molecular formula is C19H29Cl2N3O2. The van der Waals surface area contributed by atoms with E-state index in [0.717, 1.165) is 6.54 Å². The molecular weight excluding hydrogens is 373 g/mol. The van der Waals surface area contributed by atoms with Gasteiger partial charge in [0, 0.05) is 18.1 Å². The van der Waals surface area contributed by atoms with E-state index < -0.39 is 11.9 Å². The second-order valence-electron chi connectivity index (χ2n) is 7.94. The predicted octanol–water partition coefficient (Wildman–Crippen LogP) is 3.45. The highest BCUT2D eigenvalue weighted by atomic mass is 35.5.